The van der Waals surface area contributed by atoms with Crippen LogP contribution in [-0.2, 0) is 40.4 Å². The van der Waals surface area contributed by atoms with Crippen molar-refractivity contribution in [3.63, 3.8) is 0 Å². The Balaban J connectivity index is 1.23. The van der Waals surface area contributed by atoms with Crippen LogP contribution in [0.5, 0.6) is 5.75 Å². The molecule has 52 heavy (non-hydrogen) atoms. The van der Waals surface area contributed by atoms with Crippen molar-refractivity contribution in [2.24, 2.45) is 17.3 Å². The number of nitrogens with zero attached hydrogens (tertiary/aromatic N) is 2. The molecule has 2 saturated carbocycles. The number of carbonyl (C=O) groups is 4. The second kappa shape index (κ2) is 13.6. The van der Waals surface area contributed by atoms with Gasteiger partial charge in [0.05, 0.1) is 40.9 Å². The average molecular weight is 734 g/mol. The van der Waals surface area contributed by atoms with Crippen molar-refractivity contribution in [3.8, 4) is 5.75 Å². The summed E-state index contributed by atoms with van der Waals surface area (Å²) in [7, 11) is -3.83. The summed E-state index contributed by atoms with van der Waals surface area (Å²) in [4.78, 5) is 62.8. The van der Waals surface area contributed by atoms with E-state index in [4.69, 9.17) is 14.5 Å². The maximum atomic E-state index is 14.7. The molecule has 1 aromatic heterocycles. The number of ether oxygens (including phenoxy) is 2. The van der Waals surface area contributed by atoms with Gasteiger partial charge < -0.3 is 14.4 Å². The molecule has 2 aromatic rings. The maximum Gasteiger partial charge on any atom is 0.307 e. The van der Waals surface area contributed by atoms with Gasteiger partial charge in [0.25, 0.3) is 0 Å². The van der Waals surface area contributed by atoms with Gasteiger partial charge in [0.15, 0.2) is 5.78 Å². The lowest BCUT2D eigenvalue weighted by Gasteiger charge is -2.36. The first-order chi connectivity index (χ1) is 24.6. The summed E-state index contributed by atoms with van der Waals surface area (Å²) in [6, 6.07) is 7.02. The number of Topliss-reactive ketones (excluding diaryl/α,β-unsaturated/α-hetero) is 1. The van der Waals surface area contributed by atoms with Crippen molar-refractivity contribution in [3.05, 3.63) is 47.7 Å². The van der Waals surface area contributed by atoms with Gasteiger partial charge in [-0.2, -0.15) is 0 Å². The predicted molar refractivity (Wildman–Crippen MR) is 195 cm³/mol. The minimum Gasteiger partial charge on any atom is -0.483 e. The number of ketones is 1. The van der Waals surface area contributed by atoms with Crippen LogP contribution >= 0.6 is 0 Å². The molecule has 0 bridgehead atoms. The quantitative estimate of drug-likeness (QED) is 0.304. The van der Waals surface area contributed by atoms with Gasteiger partial charge in [-0.1, -0.05) is 43.2 Å². The summed E-state index contributed by atoms with van der Waals surface area (Å²) in [5.41, 5.74) is -0.141. The lowest BCUT2D eigenvalue weighted by molar-refractivity contribution is -0.159. The third kappa shape index (κ3) is 7.37. The molecule has 7 rings (SSSR count). The fourth-order valence-corrected chi connectivity index (χ4v) is 9.98. The summed E-state index contributed by atoms with van der Waals surface area (Å²) in [5.74, 6) is -2.00. The second-order valence-electron chi connectivity index (χ2n) is 16.8. The molecule has 2 aliphatic carbocycles. The van der Waals surface area contributed by atoms with E-state index in [1.807, 2.05) is 43.3 Å². The Morgan fingerprint density at radius 1 is 1.08 bits per heavy atom. The third-order valence-corrected chi connectivity index (χ3v) is 13.4. The van der Waals surface area contributed by atoms with Crippen molar-refractivity contribution in [2.45, 2.75) is 134 Å². The number of sulfonamides is 1. The molecule has 5 aliphatic rings. The molecule has 0 radical (unpaired) electrons. The number of nitrogens with one attached hydrogen (secondary N) is 1. The predicted octanol–water partition coefficient (Wildman–Crippen LogP) is 5.65. The monoisotopic (exact) mass is 733 g/mol. The molecule has 280 valence electrons. The van der Waals surface area contributed by atoms with E-state index in [0.717, 1.165) is 47.8 Å². The first-order valence-electron chi connectivity index (χ1n) is 18.9. The number of carbonyl (C=O) groups excluding carboxylic acids is 4. The Hall–Kier alpha value is -3.80. The number of hydrogen-bond donors (Lipinski definition) is 1. The smallest absolute Gasteiger partial charge is 0.307 e. The lowest BCUT2D eigenvalue weighted by atomic mass is 9.85. The number of allylic oxidation sites excluding steroid dienone is 2. The molecule has 1 spiro atoms. The molecule has 11 nitrogen and oxygen atoms in total. The van der Waals surface area contributed by atoms with E-state index >= 15 is 0 Å². The minimum absolute atomic E-state index is 0.105. The van der Waals surface area contributed by atoms with Gasteiger partial charge in [0.1, 0.15) is 17.0 Å². The van der Waals surface area contributed by atoms with E-state index in [0.29, 0.717) is 44.3 Å². The standard InChI is InChI=1S/C40H51N3O8S/c1-25-35-30(29-14-10-11-15-31(29)41-25)18-19-39(51-35)22-32-33(44)23-40(37(47)42-52(48,49)28-16-17-28)21-27(40)13-9-7-5-6-8-12-26(36(46)43(32)24-39)20-34(45)50-38(2,3)4/h9-11,13-15,26-28,32H,5-8,12,16-24H2,1-4H3,(H,42,47)/b13-9-/t26-,27-,32+,39-,40-/m1/s1. The van der Waals surface area contributed by atoms with Crippen molar-refractivity contribution in [2.75, 3.05) is 6.54 Å². The van der Waals surface area contributed by atoms with Gasteiger partial charge in [-0.05, 0) is 91.0 Å². The number of hydrogen-bond acceptors (Lipinski definition) is 9. The maximum absolute atomic E-state index is 14.7. The zero-order chi connectivity index (χ0) is 37.1. The van der Waals surface area contributed by atoms with E-state index in [-0.39, 0.29) is 43.4 Å². The minimum atomic E-state index is -3.83. The third-order valence-electron chi connectivity index (χ3n) is 11.6. The summed E-state index contributed by atoms with van der Waals surface area (Å²) in [6.07, 6.45) is 10.2. The Labute approximate surface area is 306 Å². The van der Waals surface area contributed by atoms with Crippen LogP contribution in [0.1, 0.15) is 109 Å². The Morgan fingerprint density at radius 2 is 1.85 bits per heavy atom. The van der Waals surface area contributed by atoms with Crippen LogP contribution in [0.3, 0.4) is 0 Å². The molecule has 1 saturated heterocycles. The first-order valence-corrected chi connectivity index (χ1v) is 20.5. The summed E-state index contributed by atoms with van der Waals surface area (Å²) >= 11 is 0. The number of aromatic nitrogens is 1. The molecule has 0 unspecified atom stereocenters. The van der Waals surface area contributed by atoms with Crippen LogP contribution in [0, 0.1) is 24.2 Å². The van der Waals surface area contributed by atoms with Gasteiger partial charge in [0, 0.05) is 29.7 Å². The highest BCUT2D eigenvalue weighted by atomic mass is 32.2. The molecular formula is C40H51N3O8S. The number of fused-ring (bicyclic) bond motifs is 5. The number of amides is 2. The normalized spacial score (nSPS) is 30.3. The largest absolute Gasteiger partial charge is 0.483 e. The van der Waals surface area contributed by atoms with Crippen LogP contribution in [0.25, 0.3) is 10.9 Å². The van der Waals surface area contributed by atoms with E-state index in [1.54, 1.807) is 25.7 Å². The Bertz CT molecular complexity index is 1930. The van der Waals surface area contributed by atoms with Crippen molar-refractivity contribution in [1.82, 2.24) is 14.6 Å². The van der Waals surface area contributed by atoms with Gasteiger partial charge >= 0.3 is 5.97 Å². The molecule has 1 N–H and O–H groups in total. The van der Waals surface area contributed by atoms with Crippen LogP contribution in [-0.4, -0.2) is 70.9 Å². The lowest BCUT2D eigenvalue weighted by Crippen LogP contribution is -2.47. The number of aryl methyl sites for hydroxylation is 2. The van der Waals surface area contributed by atoms with Crippen LogP contribution in [0.15, 0.2) is 36.4 Å². The molecule has 5 atom stereocenters. The average Bonchev–Trinajstić information content (AvgIpc) is 4.00. The summed E-state index contributed by atoms with van der Waals surface area (Å²) < 4.78 is 40.6. The first kappa shape index (κ1) is 36.6. The highest BCUT2D eigenvalue weighted by Crippen LogP contribution is 2.58. The summed E-state index contributed by atoms with van der Waals surface area (Å²) in [5, 5.41) is 0.432. The fourth-order valence-electron chi connectivity index (χ4n) is 8.60. The van der Waals surface area contributed by atoms with Gasteiger partial charge in [-0.25, -0.2) is 13.4 Å². The highest BCUT2D eigenvalue weighted by molar-refractivity contribution is 7.90. The topological polar surface area (TPSA) is 149 Å². The van der Waals surface area contributed by atoms with Crippen LogP contribution in [0.4, 0.5) is 0 Å². The van der Waals surface area contributed by atoms with Crippen molar-refractivity contribution >= 4 is 44.5 Å². The number of esters is 1. The van der Waals surface area contributed by atoms with Gasteiger partial charge in [-0.15, -0.1) is 0 Å². The zero-order valence-electron chi connectivity index (χ0n) is 30.7. The fraction of sp³-hybridized carbons (Fsp3) is 0.625. The number of para-hydroxylation sites is 1. The molecule has 12 heteroatoms. The van der Waals surface area contributed by atoms with E-state index in [9.17, 15) is 27.6 Å². The van der Waals surface area contributed by atoms with Crippen molar-refractivity contribution in [1.29, 1.82) is 0 Å². The SMILES string of the molecule is Cc1nc2ccccc2c2c1O[C@]1(CC2)C[C@H]2C(=O)C[C@]3(C(=O)NS(=O)(=O)C4CC4)C[C@H]3/C=C\CCCCC[C@H](CC(=O)OC(C)(C)C)C(=O)N2C1. The second-order valence-corrected chi connectivity index (χ2v) is 18.8. The molecule has 1 aromatic carbocycles. The molecule has 4 heterocycles. The van der Waals surface area contributed by atoms with Gasteiger partial charge in [-0.3, -0.25) is 23.9 Å². The molecule has 3 fully saturated rings. The Morgan fingerprint density at radius 3 is 2.60 bits per heavy atom. The zero-order valence-corrected chi connectivity index (χ0v) is 31.6. The van der Waals surface area contributed by atoms with Gasteiger partial charge in [0.2, 0.25) is 21.8 Å². The van der Waals surface area contributed by atoms with Crippen molar-refractivity contribution < 1.29 is 37.1 Å². The highest BCUT2D eigenvalue weighted by Gasteiger charge is 2.62. The summed E-state index contributed by atoms with van der Waals surface area (Å²) in [6.45, 7) is 7.44. The molecule has 2 amide bonds. The number of benzene rings is 1. The van der Waals surface area contributed by atoms with E-state index in [1.165, 1.54) is 0 Å². The number of rotatable bonds is 5. The molecule has 3 aliphatic heterocycles. The van der Waals surface area contributed by atoms with E-state index in [2.05, 4.69) is 4.72 Å². The van der Waals surface area contributed by atoms with Crippen LogP contribution in [0.2, 0.25) is 0 Å². The molecular weight excluding hydrogens is 683 g/mol. The Kier molecular flexibility index (Phi) is 9.53. The van der Waals surface area contributed by atoms with Crippen LogP contribution < -0.4 is 9.46 Å². The van der Waals surface area contributed by atoms with E-state index < -0.39 is 55.7 Å². The number of pyridine rings is 1.